The fraction of sp³-hybridized carbons (Fsp3) is 0.769. The maximum atomic E-state index is 12.4. The first-order chi connectivity index (χ1) is 9.16. The summed E-state index contributed by atoms with van der Waals surface area (Å²) < 4.78 is 1.69. The number of nitrogens with one attached hydrogen (secondary N) is 1. The van der Waals surface area contributed by atoms with Gasteiger partial charge in [0, 0.05) is 19.1 Å². The molecule has 2 saturated carbocycles. The number of hydrogen-bond donors (Lipinski definition) is 1. The SMILES string of the molecule is CC(C1CC1)N(C(=O)NCc1cnnn1C)C1CC1. The highest BCUT2D eigenvalue weighted by Crippen LogP contribution is 2.39. The molecule has 0 bridgehead atoms. The van der Waals surface area contributed by atoms with Crippen LogP contribution in [0, 0.1) is 5.92 Å². The summed E-state index contributed by atoms with van der Waals surface area (Å²) >= 11 is 0. The van der Waals surface area contributed by atoms with Gasteiger partial charge in [0.25, 0.3) is 0 Å². The molecular weight excluding hydrogens is 242 g/mol. The predicted molar refractivity (Wildman–Crippen MR) is 70.3 cm³/mol. The third kappa shape index (κ3) is 2.72. The predicted octanol–water partition coefficient (Wildman–Crippen LogP) is 1.29. The number of nitrogens with zero attached hydrogens (tertiary/aromatic N) is 4. The molecular formula is C13H21N5O. The van der Waals surface area contributed by atoms with E-state index in [1.807, 2.05) is 7.05 Å². The van der Waals surface area contributed by atoms with Crippen LogP contribution in [-0.4, -0.2) is 38.0 Å². The first kappa shape index (κ1) is 12.4. The molecule has 3 rings (SSSR count). The molecule has 104 valence electrons. The van der Waals surface area contributed by atoms with Crippen LogP contribution in [0.15, 0.2) is 6.20 Å². The summed E-state index contributed by atoms with van der Waals surface area (Å²) in [5.74, 6) is 0.713. The molecule has 1 atom stereocenters. The monoisotopic (exact) mass is 263 g/mol. The van der Waals surface area contributed by atoms with Crippen LogP contribution in [0.1, 0.15) is 38.3 Å². The van der Waals surface area contributed by atoms with Crippen LogP contribution in [0.3, 0.4) is 0 Å². The van der Waals surface area contributed by atoms with E-state index in [1.165, 1.54) is 12.8 Å². The van der Waals surface area contributed by atoms with Crippen molar-refractivity contribution in [1.29, 1.82) is 0 Å². The van der Waals surface area contributed by atoms with Crippen molar-refractivity contribution in [2.45, 2.75) is 51.2 Å². The molecule has 2 fully saturated rings. The topological polar surface area (TPSA) is 63.1 Å². The zero-order valence-electron chi connectivity index (χ0n) is 11.5. The quantitative estimate of drug-likeness (QED) is 0.870. The molecule has 1 aromatic rings. The fourth-order valence-corrected chi connectivity index (χ4v) is 2.57. The Balaban J connectivity index is 1.59. The lowest BCUT2D eigenvalue weighted by atomic mass is 10.2. The number of urea groups is 1. The highest BCUT2D eigenvalue weighted by Gasteiger charge is 2.41. The van der Waals surface area contributed by atoms with Crippen molar-refractivity contribution in [1.82, 2.24) is 25.2 Å². The number of carbonyl (C=O) groups excluding carboxylic acids is 1. The number of amides is 2. The smallest absolute Gasteiger partial charge is 0.318 e. The van der Waals surface area contributed by atoms with Crippen molar-refractivity contribution in [2.75, 3.05) is 0 Å². The first-order valence-corrected chi connectivity index (χ1v) is 7.06. The zero-order valence-corrected chi connectivity index (χ0v) is 11.5. The summed E-state index contributed by atoms with van der Waals surface area (Å²) in [5, 5.41) is 10.7. The second kappa shape index (κ2) is 4.83. The standard InChI is InChI=1S/C13H21N5O/c1-9(10-3-4-10)18(11-5-6-11)13(19)14-7-12-8-15-16-17(12)2/h8-11H,3-7H2,1-2H3,(H,14,19). The van der Waals surface area contributed by atoms with E-state index in [0.29, 0.717) is 24.5 Å². The van der Waals surface area contributed by atoms with E-state index in [-0.39, 0.29) is 6.03 Å². The fourth-order valence-electron chi connectivity index (χ4n) is 2.57. The van der Waals surface area contributed by atoms with Crippen LogP contribution in [0.4, 0.5) is 4.79 Å². The lowest BCUT2D eigenvalue weighted by Crippen LogP contribution is -2.47. The van der Waals surface area contributed by atoms with Crippen LogP contribution in [-0.2, 0) is 13.6 Å². The minimum Gasteiger partial charge on any atom is -0.332 e. The average molecular weight is 263 g/mol. The van der Waals surface area contributed by atoms with Gasteiger partial charge in [-0.2, -0.15) is 0 Å². The number of rotatable bonds is 5. The molecule has 0 spiro atoms. The Kier molecular flexibility index (Phi) is 3.16. The molecule has 2 aliphatic rings. The summed E-state index contributed by atoms with van der Waals surface area (Å²) in [5.41, 5.74) is 0.920. The molecule has 0 radical (unpaired) electrons. The van der Waals surface area contributed by atoms with Crippen molar-refractivity contribution < 1.29 is 4.79 Å². The molecule has 2 amide bonds. The van der Waals surface area contributed by atoms with Gasteiger partial charge in [-0.3, -0.25) is 4.68 Å². The minimum absolute atomic E-state index is 0.0584. The van der Waals surface area contributed by atoms with E-state index in [1.54, 1.807) is 10.9 Å². The van der Waals surface area contributed by atoms with Crippen LogP contribution < -0.4 is 5.32 Å². The first-order valence-electron chi connectivity index (χ1n) is 7.06. The van der Waals surface area contributed by atoms with Crippen LogP contribution >= 0.6 is 0 Å². The van der Waals surface area contributed by atoms with Gasteiger partial charge in [0.05, 0.1) is 18.4 Å². The van der Waals surface area contributed by atoms with Gasteiger partial charge in [0.1, 0.15) is 0 Å². The summed E-state index contributed by atoms with van der Waals surface area (Å²) in [6.07, 6.45) is 6.52. The molecule has 6 nitrogen and oxygen atoms in total. The Hall–Kier alpha value is -1.59. The zero-order chi connectivity index (χ0) is 13.4. The molecule has 1 unspecified atom stereocenters. The normalized spacial score (nSPS) is 20.1. The lowest BCUT2D eigenvalue weighted by Gasteiger charge is -2.29. The second-order valence-corrected chi connectivity index (χ2v) is 5.72. The lowest BCUT2D eigenvalue weighted by molar-refractivity contribution is 0.166. The van der Waals surface area contributed by atoms with Gasteiger partial charge in [0.2, 0.25) is 0 Å². The molecule has 0 saturated heterocycles. The van der Waals surface area contributed by atoms with Crippen molar-refractivity contribution in [3.05, 3.63) is 11.9 Å². The Morgan fingerprint density at radius 2 is 2.26 bits per heavy atom. The molecule has 2 aliphatic carbocycles. The Bertz CT molecular complexity index is 463. The average Bonchev–Trinajstić information content (AvgIpc) is 3.26. The van der Waals surface area contributed by atoms with E-state index in [2.05, 4.69) is 27.5 Å². The van der Waals surface area contributed by atoms with Gasteiger partial charge in [-0.25, -0.2) is 4.79 Å². The Morgan fingerprint density at radius 1 is 1.53 bits per heavy atom. The molecule has 0 aromatic carbocycles. The molecule has 0 aliphatic heterocycles. The Morgan fingerprint density at radius 3 is 2.79 bits per heavy atom. The van der Waals surface area contributed by atoms with Gasteiger partial charge in [-0.1, -0.05) is 5.21 Å². The molecule has 19 heavy (non-hydrogen) atoms. The van der Waals surface area contributed by atoms with Gasteiger partial charge in [0.15, 0.2) is 0 Å². The van der Waals surface area contributed by atoms with Crippen molar-refractivity contribution >= 4 is 6.03 Å². The summed E-state index contributed by atoms with van der Waals surface area (Å²) in [7, 11) is 1.83. The number of aromatic nitrogens is 3. The van der Waals surface area contributed by atoms with Crippen LogP contribution in [0.2, 0.25) is 0 Å². The third-order valence-electron chi connectivity index (χ3n) is 4.15. The summed E-state index contributed by atoms with van der Waals surface area (Å²) in [4.78, 5) is 14.4. The molecule has 1 heterocycles. The van der Waals surface area contributed by atoms with E-state index in [0.717, 1.165) is 18.5 Å². The van der Waals surface area contributed by atoms with Crippen molar-refractivity contribution in [2.24, 2.45) is 13.0 Å². The highest BCUT2D eigenvalue weighted by atomic mass is 16.2. The molecule has 1 aromatic heterocycles. The number of hydrogen-bond acceptors (Lipinski definition) is 3. The maximum absolute atomic E-state index is 12.4. The Labute approximate surface area is 113 Å². The maximum Gasteiger partial charge on any atom is 0.318 e. The van der Waals surface area contributed by atoms with Gasteiger partial charge in [-0.05, 0) is 38.5 Å². The van der Waals surface area contributed by atoms with E-state index >= 15 is 0 Å². The van der Waals surface area contributed by atoms with E-state index in [9.17, 15) is 4.79 Å². The van der Waals surface area contributed by atoms with Crippen molar-refractivity contribution in [3.8, 4) is 0 Å². The minimum atomic E-state index is 0.0584. The largest absolute Gasteiger partial charge is 0.332 e. The molecule has 1 N–H and O–H groups in total. The summed E-state index contributed by atoms with van der Waals surface area (Å²) in [6, 6.07) is 0.889. The number of aryl methyl sites for hydroxylation is 1. The van der Waals surface area contributed by atoms with Gasteiger partial charge >= 0.3 is 6.03 Å². The van der Waals surface area contributed by atoms with Gasteiger partial charge < -0.3 is 10.2 Å². The second-order valence-electron chi connectivity index (χ2n) is 5.72. The van der Waals surface area contributed by atoms with Crippen molar-refractivity contribution in [3.63, 3.8) is 0 Å². The van der Waals surface area contributed by atoms with Crippen LogP contribution in [0.25, 0.3) is 0 Å². The summed E-state index contributed by atoms with van der Waals surface area (Å²) in [6.45, 7) is 2.67. The third-order valence-corrected chi connectivity index (χ3v) is 4.15. The highest BCUT2D eigenvalue weighted by molar-refractivity contribution is 5.75. The van der Waals surface area contributed by atoms with E-state index < -0.39 is 0 Å². The van der Waals surface area contributed by atoms with E-state index in [4.69, 9.17) is 0 Å². The van der Waals surface area contributed by atoms with Crippen LogP contribution in [0.5, 0.6) is 0 Å². The van der Waals surface area contributed by atoms with Gasteiger partial charge in [-0.15, -0.1) is 5.10 Å². The number of carbonyl (C=O) groups is 1. The molecule has 6 heteroatoms.